The minimum absolute atomic E-state index is 0.160. The Morgan fingerprint density at radius 1 is 0.958 bits per heavy atom. The summed E-state index contributed by atoms with van der Waals surface area (Å²) in [5, 5.41) is 2.87. The van der Waals surface area contributed by atoms with E-state index in [4.69, 9.17) is 19.9 Å². The summed E-state index contributed by atoms with van der Waals surface area (Å²) in [6.07, 6.45) is 0. The molecule has 2 aromatic carbocycles. The average molecular weight is 330 g/mol. The molecule has 0 saturated heterocycles. The Bertz CT molecular complexity index is 674. The lowest BCUT2D eigenvalue weighted by Crippen LogP contribution is -2.22. The molecule has 0 unspecified atom stereocenters. The molecule has 0 spiro atoms. The third-order valence-corrected chi connectivity index (χ3v) is 3.63. The van der Waals surface area contributed by atoms with E-state index >= 15 is 0 Å². The molecule has 2 rings (SSSR count). The second kappa shape index (κ2) is 8.21. The number of hydrogen-bond acceptors (Lipinski definition) is 5. The third-order valence-electron chi connectivity index (χ3n) is 3.63. The Morgan fingerprint density at radius 2 is 1.54 bits per heavy atom. The van der Waals surface area contributed by atoms with Crippen molar-refractivity contribution < 1.29 is 19.0 Å². The predicted molar refractivity (Wildman–Crippen MR) is 91.6 cm³/mol. The van der Waals surface area contributed by atoms with E-state index in [0.717, 1.165) is 11.1 Å². The fourth-order valence-corrected chi connectivity index (χ4v) is 2.31. The minimum Gasteiger partial charge on any atom is -0.493 e. The summed E-state index contributed by atoms with van der Waals surface area (Å²) in [6, 6.07) is 10.8. The molecular formula is C18H22N2O4. The van der Waals surface area contributed by atoms with Crippen molar-refractivity contribution in [2.24, 2.45) is 5.73 Å². The van der Waals surface area contributed by atoms with E-state index in [9.17, 15) is 4.79 Å². The van der Waals surface area contributed by atoms with Crippen molar-refractivity contribution in [2.45, 2.75) is 13.1 Å². The van der Waals surface area contributed by atoms with Crippen molar-refractivity contribution in [2.75, 3.05) is 21.3 Å². The molecule has 0 bridgehead atoms. The number of hydrogen-bond donors (Lipinski definition) is 2. The molecule has 0 aliphatic heterocycles. The van der Waals surface area contributed by atoms with Crippen LogP contribution in [0, 0.1) is 0 Å². The van der Waals surface area contributed by atoms with Crippen LogP contribution >= 0.6 is 0 Å². The van der Waals surface area contributed by atoms with Gasteiger partial charge in [0.1, 0.15) is 0 Å². The summed E-state index contributed by atoms with van der Waals surface area (Å²) in [7, 11) is 4.66. The van der Waals surface area contributed by atoms with Gasteiger partial charge in [-0.25, -0.2) is 0 Å². The highest BCUT2D eigenvalue weighted by Crippen LogP contribution is 2.38. The smallest absolute Gasteiger partial charge is 0.251 e. The topological polar surface area (TPSA) is 82.8 Å². The van der Waals surface area contributed by atoms with Gasteiger partial charge in [0.2, 0.25) is 5.75 Å². The molecule has 1 amide bonds. The summed E-state index contributed by atoms with van der Waals surface area (Å²) in [5.74, 6) is 1.46. The van der Waals surface area contributed by atoms with Gasteiger partial charge in [0.25, 0.3) is 5.91 Å². The fourth-order valence-electron chi connectivity index (χ4n) is 2.31. The molecule has 2 aromatic rings. The van der Waals surface area contributed by atoms with Crippen molar-refractivity contribution >= 4 is 5.91 Å². The van der Waals surface area contributed by atoms with E-state index in [1.807, 2.05) is 12.1 Å². The number of rotatable bonds is 7. The Labute approximate surface area is 141 Å². The Hall–Kier alpha value is -2.73. The van der Waals surface area contributed by atoms with Crippen LogP contribution in [0.4, 0.5) is 0 Å². The van der Waals surface area contributed by atoms with Crippen LogP contribution in [0.5, 0.6) is 17.2 Å². The quantitative estimate of drug-likeness (QED) is 0.812. The van der Waals surface area contributed by atoms with Crippen LogP contribution in [-0.2, 0) is 13.1 Å². The standard InChI is InChI=1S/C18H22N2O4/c1-22-15-8-13(9-16(23-2)17(15)24-3)11-20-18(21)14-6-4-12(10-19)5-7-14/h4-9H,10-11,19H2,1-3H3,(H,20,21). The first-order valence-corrected chi connectivity index (χ1v) is 7.49. The van der Waals surface area contributed by atoms with Gasteiger partial charge < -0.3 is 25.3 Å². The van der Waals surface area contributed by atoms with E-state index in [0.29, 0.717) is 35.9 Å². The average Bonchev–Trinajstić information content (AvgIpc) is 2.65. The SMILES string of the molecule is COc1cc(CNC(=O)c2ccc(CN)cc2)cc(OC)c1OC. The zero-order valence-corrected chi connectivity index (χ0v) is 14.1. The molecule has 0 aromatic heterocycles. The van der Waals surface area contributed by atoms with Crippen LogP contribution < -0.4 is 25.3 Å². The van der Waals surface area contributed by atoms with Gasteiger partial charge in [-0.15, -0.1) is 0 Å². The highest BCUT2D eigenvalue weighted by atomic mass is 16.5. The summed E-state index contributed by atoms with van der Waals surface area (Å²) in [5.41, 5.74) is 7.96. The number of nitrogens with one attached hydrogen (secondary N) is 1. The maximum Gasteiger partial charge on any atom is 0.251 e. The molecule has 6 heteroatoms. The highest BCUT2D eigenvalue weighted by Gasteiger charge is 2.14. The molecule has 0 heterocycles. The molecule has 0 saturated carbocycles. The predicted octanol–water partition coefficient (Wildman–Crippen LogP) is 2.10. The van der Waals surface area contributed by atoms with Gasteiger partial charge in [-0.3, -0.25) is 4.79 Å². The summed E-state index contributed by atoms with van der Waals surface area (Å²) < 4.78 is 15.9. The normalized spacial score (nSPS) is 10.2. The zero-order chi connectivity index (χ0) is 17.5. The second-order valence-corrected chi connectivity index (χ2v) is 5.12. The molecule has 3 N–H and O–H groups in total. The monoisotopic (exact) mass is 330 g/mol. The van der Waals surface area contributed by atoms with Crippen molar-refractivity contribution in [1.29, 1.82) is 0 Å². The van der Waals surface area contributed by atoms with Crippen LogP contribution in [0.1, 0.15) is 21.5 Å². The van der Waals surface area contributed by atoms with Gasteiger partial charge in [-0.05, 0) is 35.4 Å². The molecule has 0 fully saturated rings. The number of amides is 1. The summed E-state index contributed by atoms with van der Waals surface area (Å²) >= 11 is 0. The fraction of sp³-hybridized carbons (Fsp3) is 0.278. The second-order valence-electron chi connectivity index (χ2n) is 5.12. The van der Waals surface area contributed by atoms with E-state index in [1.54, 1.807) is 45.6 Å². The Kier molecular flexibility index (Phi) is 6.03. The van der Waals surface area contributed by atoms with Gasteiger partial charge in [-0.2, -0.15) is 0 Å². The number of methoxy groups -OCH3 is 3. The number of carbonyl (C=O) groups is 1. The third kappa shape index (κ3) is 3.97. The number of nitrogens with two attached hydrogens (primary N) is 1. The van der Waals surface area contributed by atoms with Crippen molar-refractivity contribution in [3.8, 4) is 17.2 Å². The van der Waals surface area contributed by atoms with Gasteiger partial charge >= 0.3 is 0 Å². The Balaban J connectivity index is 2.11. The first-order valence-electron chi connectivity index (χ1n) is 7.49. The van der Waals surface area contributed by atoms with Gasteiger partial charge in [0.05, 0.1) is 21.3 Å². The first-order chi connectivity index (χ1) is 11.6. The van der Waals surface area contributed by atoms with Gasteiger partial charge in [0.15, 0.2) is 11.5 Å². The molecule has 6 nitrogen and oxygen atoms in total. The van der Waals surface area contributed by atoms with E-state index in [-0.39, 0.29) is 5.91 Å². The molecule has 24 heavy (non-hydrogen) atoms. The van der Waals surface area contributed by atoms with E-state index in [2.05, 4.69) is 5.32 Å². The first kappa shape index (κ1) is 17.6. The molecule has 0 atom stereocenters. The zero-order valence-electron chi connectivity index (χ0n) is 14.1. The van der Waals surface area contributed by atoms with Crippen LogP contribution in [-0.4, -0.2) is 27.2 Å². The van der Waals surface area contributed by atoms with E-state index < -0.39 is 0 Å². The summed E-state index contributed by atoms with van der Waals surface area (Å²) in [6.45, 7) is 0.793. The number of benzene rings is 2. The van der Waals surface area contributed by atoms with Gasteiger partial charge in [-0.1, -0.05) is 12.1 Å². The van der Waals surface area contributed by atoms with Crippen LogP contribution in [0.25, 0.3) is 0 Å². The summed E-state index contributed by atoms with van der Waals surface area (Å²) in [4.78, 5) is 12.2. The largest absolute Gasteiger partial charge is 0.493 e. The van der Waals surface area contributed by atoms with Crippen LogP contribution in [0.3, 0.4) is 0 Å². The van der Waals surface area contributed by atoms with Crippen molar-refractivity contribution in [3.63, 3.8) is 0 Å². The lowest BCUT2D eigenvalue weighted by atomic mass is 10.1. The number of carbonyl (C=O) groups excluding carboxylic acids is 1. The molecule has 128 valence electrons. The lowest BCUT2D eigenvalue weighted by molar-refractivity contribution is 0.0951. The van der Waals surface area contributed by atoms with E-state index in [1.165, 1.54) is 0 Å². The lowest BCUT2D eigenvalue weighted by Gasteiger charge is -2.14. The number of ether oxygens (including phenoxy) is 3. The molecule has 0 aliphatic carbocycles. The maximum atomic E-state index is 12.2. The maximum absolute atomic E-state index is 12.2. The van der Waals surface area contributed by atoms with Crippen molar-refractivity contribution in [1.82, 2.24) is 5.32 Å². The Morgan fingerprint density at radius 3 is 2.00 bits per heavy atom. The highest BCUT2D eigenvalue weighted by molar-refractivity contribution is 5.94. The van der Waals surface area contributed by atoms with Crippen molar-refractivity contribution in [3.05, 3.63) is 53.1 Å². The molecule has 0 radical (unpaired) electrons. The van der Waals surface area contributed by atoms with Gasteiger partial charge in [0, 0.05) is 18.7 Å². The van der Waals surface area contributed by atoms with Crippen LogP contribution in [0.15, 0.2) is 36.4 Å². The minimum atomic E-state index is -0.160. The molecule has 0 aliphatic rings. The van der Waals surface area contributed by atoms with Crippen LogP contribution in [0.2, 0.25) is 0 Å². The molecular weight excluding hydrogens is 308 g/mol.